The highest BCUT2D eigenvalue weighted by Gasteiger charge is 2.08. The van der Waals surface area contributed by atoms with Crippen LogP contribution in [0.4, 0.5) is 5.69 Å². The van der Waals surface area contributed by atoms with E-state index in [1.54, 1.807) is 30.6 Å². The maximum atomic E-state index is 10.9. The molecular formula is C21H20N2O4. The molecule has 3 aromatic rings. The summed E-state index contributed by atoms with van der Waals surface area (Å²) in [7, 11) is 0. The third kappa shape index (κ3) is 5.36. The van der Waals surface area contributed by atoms with Gasteiger partial charge in [-0.1, -0.05) is 30.3 Å². The molecular weight excluding hydrogens is 344 g/mol. The Labute approximate surface area is 157 Å². The Bertz CT molecular complexity index is 882. The van der Waals surface area contributed by atoms with E-state index in [1.165, 1.54) is 12.1 Å². The molecule has 0 saturated carbocycles. The van der Waals surface area contributed by atoms with E-state index in [4.69, 9.17) is 4.74 Å². The fourth-order valence-corrected chi connectivity index (χ4v) is 2.70. The van der Waals surface area contributed by atoms with Gasteiger partial charge >= 0.3 is 0 Å². The Morgan fingerprint density at radius 2 is 1.89 bits per heavy atom. The van der Waals surface area contributed by atoms with E-state index in [0.717, 1.165) is 23.1 Å². The number of hydrogen-bond donors (Lipinski definition) is 1. The summed E-state index contributed by atoms with van der Waals surface area (Å²) < 4.78 is 5.64. The quantitative estimate of drug-likeness (QED) is 0.482. The monoisotopic (exact) mass is 364 g/mol. The van der Waals surface area contributed by atoms with Gasteiger partial charge in [-0.2, -0.15) is 0 Å². The van der Waals surface area contributed by atoms with Crippen molar-refractivity contribution >= 4 is 5.69 Å². The maximum Gasteiger partial charge on any atom is 0.270 e. The Kier molecular flexibility index (Phi) is 6.12. The molecule has 1 N–H and O–H groups in total. The zero-order valence-corrected chi connectivity index (χ0v) is 14.7. The fraction of sp³-hybridized carbons (Fsp3) is 0.190. The average Bonchev–Trinajstić information content (AvgIpc) is 2.72. The summed E-state index contributed by atoms with van der Waals surface area (Å²) in [6.45, 7) is 0.205. The summed E-state index contributed by atoms with van der Waals surface area (Å²) in [4.78, 5) is 14.5. The lowest BCUT2D eigenvalue weighted by Crippen LogP contribution is -2.18. The number of non-ortho nitro benzene ring substituents is 1. The third-order valence-corrected chi connectivity index (χ3v) is 4.18. The number of nitrogens with zero attached hydrogens (tertiary/aromatic N) is 2. The summed E-state index contributed by atoms with van der Waals surface area (Å²) >= 11 is 0. The van der Waals surface area contributed by atoms with Crippen molar-refractivity contribution in [2.75, 3.05) is 6.61 Å². The predicted molar refractivity (Wildman–Crippen MR) is 103 cm³/mol. The van der Waals surface area contributed by atoms with E-state index in [9.17, 15) is 15.2 Å². The number of aliphatic hydroxyl groups excluding tert-OH is 1. The molecule has 0 aliphatic rings. The Balaban J connectivity index is 1.53. The first-order chi connectivity index (χ1) is 13.1. The van der Waals surface area contributed by atoms with Crippen LogP contribution in [-0.2, 0) is 6.42 Å². The lowest BCUT2D eigenvalue weighted by atomic mass is 10.1. The predicted octanol–water partition coefficient (Wildman–Crippen LogP) is 4.03. The number of ether oxygens (including phenoxy) is 1. The number of benzene rings is 2. The summed E-state index contributed by atoms with van der Waals surface area (Å²) in [5.41, 5.74) is 2.78. The first kappa shape index (κ1) is 18.5. The second kappa shape index (κ2) is 8.91. The van der Waals surface area contributed by atoms with Crippen molar-refractivity contribution in [3.63, 3.8) is 0 Å². The largest absolute Gasteiger partial charge is 0.491 e. The van der Waals surface area contributed by atoms with Crippen molar-refractivity contribution in [3.8, 4) is 16.9 Å². The van der Waals surface area contributed by atoms with E-state index in [-0.39, 0.29) is 12.3 Å². The first-order valence-corrected chi connectivity index (χ1v) is 8.66. The molecule has 0 spiro atoms. The number of aromatic nitrogens is 1. The minimum absolute atomic E-state index is 0.0598. The van der Waals surface area contributed by atoms with E-state index in [1.807, 2.05) is 30.3 Å². The van der Waals surface area contributed by atoms with Crippen LogP contribution in [0, 0.1) is 10.1 Å². The smallest absolute Gasteiger partial charge is 0.270 e. The van der Waals surface area contributed by atoms with Crippen LogP contribution in [0.1, 0.15) is 12.0 Å². The summed E-state index contributed by atoms with van der Waals surface area (Å²) in [5.74, 6) is 0.643. The lowest BCUT2D eigenvalue weighted by Gasteiger charge is -2.12. The van der Waals surface area contributed by atoms with Gasteiger partial charge in [-0.05, 0) is 47.7 Å². The van der Waals surface area contributed by atoms with Gasteiger partial charge in [0.15, 0.2) is 0 Å². The van der Waals surface area contributed by atoms with Crippen molar-refractivity contribution in [1.29, 1.82) is 0 Å². The van der Waals surface area contributed by atoms with Crippen LogP contribution in [0.5, 0.6) is 5.75 Å². The maximum absolute atomic E-state index is 10.9. The number of nitro benzene ring substituents is 1. The van der Waals surface area contributed by atoms with Gasteiger partial charge < -0.3 is 9.84 Å². The van der Waals surface area contributed by atoms with E-state index in [0.29, 0.717) is 12.2 Å². The van der Waals surface area contributed by atoms with Crippen LogP contribution in [0.2, 0.25) is 0 Å². The molecule has 6 heteroatoms. The molecule has 0 bridgehead atoms. The molecule has 27 heavy (non-hydrogen) atoms. The molecule has 0 radical (unpaired) electrons. The van der Waals surface area contributed by atoms with Gasteiger partial charge in [0.2, 0.25) is 0 Å². The minimum atomic E-state index is -0.568. The number of pyridine rings is 1. The molecule has 6 nitrogen and oxygen atoms in total. The first-order valence-electron chi connectivity index (χ1n) is 8.66. The van der Waals surface area contributed by atoms with Crippen molar-refractivity contribution in [1.82, 2.24) is 4.98 Å². The molecule has 0 aliphatic carbocycles. The zero-order valence-electron chi connectivity index (χ0n) is 14.7. The second-order valence-electron chi connectivity index (χ2n) is 6.20. The molecule has 0 amide bonds. The second-order valence-corrected chi connectivity index (χ2v) is 6.20. The molecule has 0 unspecified atom stereocenters. The highest BCUT2D eigenvalue weighted by molar-refractivity contribution is 5.66. The Morgan fingerprint density at radius 1 is 1.07 bits per heavy atom. The SMILES string of the molecule is O=[N+]([O-])c1cccc(-c2ccc(OC[C@H](O)CCc3cccnc3)cc2)c1. The summed E-state index contributed by atoms with van der Waals surface area (Å²) in [6.07, 6.45) is 4.28. The highest BCUT2D eigenvalue weighted by Crippen LogP contribution is 2.25. The van der Waals surface area contributed by atoms with Crippen LogP contribution in [-0.4, -0.2) is 27.7 Å². The molecule has 0 aliphatic heterocycles. The van der Waals surface area contributed by atoms with Gasteiger partial charge in [-0.15, -0.1) is 0 Å². The van der Waals surface area contributed by atoms with E-state index >= 15 is 0 Å². The summed E-state index contributed by atoms with van der Waals surface area (Å²) in [5, 5.41) is 21.0. The zero-order chi connectivity index (χ0) is 19.1. The third-order valence-electron chi connectivity index (χ3n) is 4.18. The van der Waals surface area contributed by atoms with Gasteiger partial charge in [-0.25, -0.2) is 0 Å². The van der Waals surface area contributed by atoms with E-state index < -0.39 is 11.0 Å². The number of rotatable bonds is 8. The van der Waals surface area contributed by atoms with Gasteiger partial charge in [0.1, 0.15) is 12.4 Å². The van der Waals surface area contributed by atoms with Gasteiger partial charge in [0, 0.05) is 24.5 Å². The number of aliphatic hydroxyl groups is 1. The standard InChI is InChI=1S/C21H20N2O4/c24-20(9-6-16-3-2-12-22-14-16)15-27-21-10-7-17(8-11-21)18-4-1-5-19(13-18)23(25)26/h1-5,7-8,10-14,20,24H,6,9,15H2/t20-/m1/s1. The van der Waals surface area contributed by atoms with Crippen molar-refractivity contribution in [3.05, 3.63) is 88.7 Å². The molecule has 138 valence electrons. The van der Waals surface area contributed by atoms with Crippen LogP contribution < -0.4 is 4.74 Å². The lowest BCUT2D eigenvalue weighted by molar-refractivity contribution is -0.384. The van der Waals surface area contributed by atoms with Gasteiger partial charge in [0.25, 0.3) is 5.69 Å². The minimum Gasteiger partial charge on any atom is -0.491 e. The van der Waals surface area contributed by atoms with Crippen LogP contribution in [0.3, 0.4) is 0 Å². The highest BCUT2D eigenvalue weighted by atomic mass is 16.6. The molecule has 1 atom stereocenters. The van der Waals surface area contributed by atoms with Crippen molar-refractivity contribution in [2.45, 2.75) is 18.9 Å². The normalized spacial score (nSPS) is 11.7. The van der Waals surface area contributed by atoms with Gasteiger partial charge in [0.05, 0.1) is 11.0 Å². The Morgan fingerprint density at radius 3 is 2.59 bits per heavy atom. The van der Waals surface area contributed by atoms with Crippen molar-refractivity contribution in [2.24, 2.45) is 0 Å². The van der Waals surface area contributed by atoms with Crippen LogP contribution in [0.25, 0.3) is 11.1 Å². The number of nitro groups is 1. The molecule has 2 aromatic carbocycles. The summed E-state index contributed by atoms with van der Waals surface area (Å²) in [6, 6.07) is 17.6. The average molecular weight is 364 g/mol. The fourth-order valence-electron chi connectivity index (χ4n) is 2.70. The molecule has 1 aromatic heterocycles. The number of aryl methyl sites for hydroxylation is 1. The molecule has 0 fully saturated rings. The number of hydrogen-bond acceptors (Lipinski definition) is 5. The molecule has 1 heterocycles. The van der Waals surface area contributed by atoms with Gasteiger partial charge in [-0.3, -0.25) is 15.1 Å². The van der Waals surface area contributed by atoms with Crippen LogP contribution in [0.15, 0.2) is 73.1 Å². The topological polar surface area (TPSA) is 85.5 Å². The molecule has 0 saturated heterocycles. The van der Waals surface area contributed by atoms with Crippen LogP contribution >= 0.6 is 0 Å². The molecule has 3 rings (SSSR count). The van der Waals surface area contributed by atoms with E-state index in [2.05, 4.69) is 4.98 Å². The van der Waals surface area contributed by atoms with Crippen molar-refractivity contribution < 1.29 is 14.8 Å². The Hall–Kier alpha value is -3.25.